The Hall–Kier alpha value is -3.01. The minimum Gasteiger partial charge on any atom is -0.497 e. The standard InChI is InChI=1S/C22H23NO3/c1-3-21(17-9-11-19(25-2)12-10-17)23-22(24)15-26-20-13-8-16-6-4-5-7-18(16)14-20/h4-14,21H,3,15H2,1-2H3,(H,23,24)/t21-/m1/s1. The van der Waals surface area contributed by atoms with Crippen LogP contribution in [-0.4, -0.2) is 19.6 Å². The van der Waals surface area contributed by atoms with Gasteiger partial charge in [0, 0.05) is 0 Å². The minimum absolute atomic E-state index is 0.00893. The van der Waals surface area contributed by atoms with Crippen molar-refractivity contribution in [2.75, 3.05) is 13.7 Å². The fraction of sp³-hybridized carbons (Fsp3) is 0.227. The molecule has 0 aliphatic heterocycles. The first kappa shape index (κ1) is 17.8. The van der Waals surface area contributed by atoms with Crippen molar-refractivity contribution in [2.24, 2.45) is 0 Å². The van der Waals surface area contributed by atoms with Gasteiger partial charge < -0.3 is 14.8 Å². The SMILES string of the molecule is CC[C@@H](NC(=O)COc1ccc2ccccc2c1)c1ccc(OC)cc1. The van der Waals surface area contributed by atoms with E-state index in [0.717, 1.165) is 28.5 Å². The third-order valence-electron chi connectivity index (χ3n) is 4.35. The van der Waals surface area contributed by atoms with Gasteiger partial charge in [-0.1, -0.05) is 49.4 Å². The largest absolute Gasteiger partial charge is 0.497 e. The molecule has 1 atom stereocenters. The summed E-state index contributed by atoms with van der Waals surface area (Å²) in [4.78, 5) is 12.3. The van der Waals surface area contributed by atoms with E-state index >= 15 is 0 Å². The van der Waals surface area contributed by atoms with Gasteiger partial charge in [0.2, 0.25) is 0 Å². The molecule has 0 bridgehead atoms. The lowest BCUT2D eigenvalue weighted by Crippen LogP contribution is -2.32. The number of carbonyl (C=O) groups is 1. The number of amides is 1. The first-order chi connectivity index (χ1) is 12.7. The zero-order chi connectivity index (χ0) is 18.4. The first-order valence-electron chi connectivity index (χ1n) is 8.74. The average Bonchev–Trinajstić information content (AvgIpc) is 2.70. The second kappa shape index (κ2) is 8.39. The third kappa shape index (κ3) is 4.33. The first-order valence-corrected chi connectivity index (χ1v) is 8.74. The van der Waals surface area contributed by atoms with Crippen molar-refractivity contribution >= 4 is 16.7 Å². The van der Waals surface area contributed by atoms with E-state index in [0.29, 0.717) is 5.75 Å². The van der Waals surface area contributed by atoms with Gasteiger partial charge in [0.15, 0.2) is 6.61 Å². The average molecular weight is 349 g/mol. The second-order valence-electron chi connectivity index (χ2n) is 6.10. The Morgan fingerprint density at radius 2 is 1.65 bits per heavy atom. The molecule has 0 aliphatic rings. The van der Waals surface area contributed by atoms with Crippen LogP contribution in [0.15, 0.2) is 66.7 Å². The predicted molar refractivity (Wildman–Crippen MR) is 104 cm³/mol. The molecule has 1 amide bonds. The number of hydrogen-bond donors (Lipinski definition) is 1. The molecule has 3 rings (SSSR count). The summed E-state index contributed by atoms with van der Waals surface area (Å²) in [5, 5.41) is 5.26. The molecule has 0 fully saturated rings. The molecule has 0 radical (unpaired) electrons. The molecule has 0 aromatic heterocycles. The molecule has 0 spiro atoms. The highest BCUT2D eigenvalue weighted by Gasteiger charge is 2.13. The van der Waals surface area contributed by atoms with E-state index in [1.165, 1.54) is 0 Å². The quantitative estimate of drug-likeness (QED) is 0.683. The van der Waals surface area contributed by atoms with Gasteiger partial charge in [-0.2, -0.15) is 0 Å². The van der Waals surface area contributed by atoms with Gasteiger partial charge in [0.25, 0.3) is 5.91 Å². The van der Waals surface area contributed by atoms with Crippen LogP contribution < -0.4 is 14.8 Å². The van der Waals surface area contributed by atoms with Crippen molar-refractivity contribution in [2.45, 2.75) is 19.4 Å². The molecule has 0 saturated carbocycles. The highest BCUT2D eigenvalue weighted by molar-refractivity contribution is 5.84. The molecule has 0 unspecified atom stereocenters. The Bertz CT molecular complexity index is 874. The maximum atomic E-state index is 12.3. The van der Waals surface area contributed by atoms with E-state index in [1.54, 1.807) is 7.11 Å². The van der Waals surface area contributed by atoms with Crippen LogP contribution in [0.25, 0.3) is 10.8 Å². The molecule has 0 aliphatic carbocycles. The topological polar surface area (TPSA) is 47.6 Å². The molecule has 4 nitrogen and oxygen atoms in total. The maximum Gasteiger partial charge on any atom is 0.258 e. The van der Waals surface area contributed by atoms with Crippen molar-refractivity contribution in [3.63, 3.8) is 0 Å². The summed E-state index contributed by atoms with van der Waals surface area (Å²) in [6.07, 6.45) is 0.800. The van der Waals surface area contributed by atoms with Gasteiger partial charge in [0.1, 0.15) is 11.5 Å². The van der Waals surface area contributed by atoms with Crippen LogP contribution in [0.1, 0.15) is 24.9 Å². The van der Waals surface area contributed by atoms with Gasteiger partial charge in [-0.25, -0.2) is 0 Å². The van der Waals surface area contributed by atoms with E-state index in [4.69, 9.17) is 9.47 Å². The zero-order valence-electron chi connectivity index (χ0n) is 15.1. The van der Waals surface area contributed by atoms with E-state index in [-0.39, 0.29) is 18.6 Å². The summed E-state index contributed by atoms with van der Waals surface area (Å²) in [6, 6.07) is 21.6. The van der Waals surface area contributed by atoms with E-state index in [1.807, 2.05) is 73.7 Å². The number of ether oxygens (including phenoxy) is 2. The van der Waals surface area contributed by atoms with E-state index in [2.05, 4.69) is 5.32 Å². The zero-order valence-corrected chi connectivity index (χ0v) is 15.1. The number of benzene rings is 3. The van der Waals surface area contributed by atoms with Crippen molar-refractivity contribution < 1.29 is 14.3 Å². The summed E-state index contributed by atoms with van der Waals surface area (Å²) in [5.74, 6) is 1.35. The second-order valence-corrected chi connectivity index (χ2v) is 6.10. The number of fused-ring (bicyclic) bond motifs is 1. The summed E-state index contributed by atoms with van der Waals surface area (Å²) in [6.45, 7) is 2.03. The van der Waals surface area contributed by atoms with Crippen LogP contribution in [-0.2, 0) is 4.79 Å². The molecule has 3 aromatic rings. The molecule has 26 heavy (non-hydrogen) atoms. The van der Waals surface area contributed by atoms with Gasteiger partial charge in [-0.15, -0.1) is 0 Å². The maximum absolute atomic E-state index is 12.3. The van der Waals surface area contributed by atoms with Crippen molar-refractivity contribution in [3.8, 4) is 11.5 Å². The highest BCUT2D eigenvalue weighted by atomic mass is 16.5. The Kier molecular flexibility index (Phi) is 5.74. The van der Waals surface area contributed by atoms with Crippen molar-refractivity contribution in [1.82, 2.24) is 5.32 Å². The Balaban J connectivity index is 1.59. The van der Waals surface area contributed by atoms with E-state index < -0.39 is 0 Å². The van der Waals surface area contributed by atoms with Crippen molar-refractivity contribution in [3.05, 3.63) is 72.3 Å². The molecule has 4 heteroatoms. The summed E-state index contributed by atoms with van der Waals surface area (Å²) >= 11 is 0. The van der Waals surface area contributed by atoms with E-state index in [9.17, 15) is 4.79 Å². The smallest absolute Gasteiger partial charge is 0.258 e. The Morgan fingerprint density at radius 3 is 2.35 bits per heavy atom. The van der Waals surface area contributed by atoms with Crippen LogP contribution in [0, 0.1) is 0 Å². The fourth-order valence-corrected chi connectivity index (χ4v) is 2.90. The summed E-state index contributed by atoms with van der Waals surface area (Å²) < 4.78 is 10.8. The monoisotopic (exact) mass is 349 g/mol. The number of hydrogen-bond acceptors (Lipinski definition) is 3. The molecule has 3 aromatic carbocycles. The Morgan fingerprint density at radius 1 is 0.962 bits per heavy atom. The summed E-state index contributed by atoms with van der Waals surface area (Å²) in [7, 11) is 1.64. The number of nitrogens with one attached hydrogen (secondary N) is 1. The van der Waals surface area contributed by atoms with Gasteiger partial charge >= 0.3 is 0 Å². The fourth-order valence-electron chi connectivity index (χ4n) is 2.90. The number of carbonyl (C=O) groups excluding carboxylic acids is 1. The normalized spacial score (nSPS) is 11.8. The van der Waals surface area contributed by atoms with Gasteiger partial charge in [-0.05, 0) is 47.0 Å². The van der Waals surface area contributed by atoms with Crippen molar-refractivity contribution in [1.29, 1.82) is 0 Å². The van der Waals surface area contributed by atoms with Crippen LogP contribution in [0.5, 0.6) is 11.5 Å². The molecule has 1 N–H and O–H groups in total. The molecule has 0 heterocycles. The molecular formula is C22H23NO3. The highest BCUT2D eigenvalue weighted by Crippen LogP contribution is 2.22. The lowest BCUT2D eigenvalue weighted by atomic mass is 10.0. The van der Waals surface area contributed by atoms with Gasteiger partial charge in [-0.3, -0.25) is 4.79 Å². The van der Waals surface area contributed by atoms with Crippen LogP contribution in [0.4, 0.5) is 0 Å². The van der Waals surface area contributed by atoms with Gasteiger partial charge in [0.05, 0.1) is 13.2 Å². The molecular weight excluding hydrogens is 326 g/mol. The van der Waals surface area contributed by atoms with Crippen LogP contribution in [0.3, 0.4) is 0 Å². The minimum atomic E-state index is -0.138. The lowest BCUT2D eigenvalue weighted by Gasteiger charge is -2.18. The summed E-state index contributed by atoms with van der Waals surface area (Å²) in [5.41, 5.74) is 1.05. The number of methoxy groups -OCH3 is 1. The third-order valence-corrected chi connectivity index (χ3v) is 4.35. The molecule has 134 valence electrons. The number of rotatable bonds is 7. The predicted octanol–water partition coefficient (Wildman–Crippen LogP) is 4.49. The Labute approximate surface area is 153 Å². The van der Waals surface area contributed by atoms with Crippen LogP contribution in [0.2, 0.25) is 0 Å². The van der Waals surface area contributed by atoms with Crippen LogP contribution >= 0.6 is 0 Å². The molecule has 0 saturated heterocycles. The lowest BCUT2D eigenvalue weighted by molar-refractivity contribution is -0.123.